The molecule has 13 heavy (non-hydrogen) atoms. The van der Waals surface area contributed by atoms with E-state index in [1.165, 1.54) is 6.92 Å². The van der Waals surface area contributed by atoms with Crippen LogP contribution in [0.1, 0.15) is 27.7 Å². The van der Waals surface area contributed by atoms with Gasteiger partial charge in [0.15, 0.2) is 0 Å². The van der Waals surface area contributed by atoms with Crippen LogP contribution in [-0.2, 0) is 13.6 Å². The molecule has 0 amide bonds. The van der Waals surface area contributed by atoms with E-state index in [2.05, 4.69) is 27.4 Å². The van der Waals surface area contributed by atoms with Gasteiger partial charge >= 0.3 is 9.28 Å². The Labute approximate surface area is 81.6 Å². The van der Waals surface area contributed by atoms with Gasteiger partial charge in [0.05, 0.1) is 0 Å². The lowest BCUT2D eigenvalue weighted by atomic mass is 9.99. The molecule has 0 aliphatic heterocycles. The first-order valence-corrected chi connectivity index (χ1v) is 5.55. The summed E-state index contributed by atoms with van der Waals surface area (Å²) in [6.45, 7) is 11.7. The van der Waals surface area contributed by atoms with E-state index < -0.39 is 9.28 Å². The normalized spacial score (nSPS) is 11.5. The van der Waals surface area contributed by atoms with Crippen LogP contribution < -0.4 is 0 Å². The van der Waals surface area contributed by atoms with Crippen molar-refractivity contribution in [3.63, 3.8) is 0 Å². The zero-order valence-corrected chi connectivity index (χ0v) is 9.72. The second kappa shape index (κ2) is 5.19. The average Bonchev–Trinajstić information content (AvgIpc) is 1.95. The summed E-state index contributed by atoms with van der Waals surface area (Å²) < 4.78 is 10.3. The van der Waals surface area contributed by atoms with E-state index in [0.717, 1.165) is 0 Å². The topological polar surface area (TPSA) is 35.5 Å². The Kier molecular flexibility index (Phi) is 4.94. The fourth-order valence-electron chi connectivity index (χ4n) is 0.559. The second-order valence-corrected chi connectivity index (χ2v) is 5.51. The summed E-state index contributed by atoms with van der Waals surface area (Å²) in [5, 5.41) is 0. The fourth-order valence-corrected chi connectivity index (χ4v) is 1.68. The van der Waals surface area contributed by atoms with Crippen molar-refractivity contribution in [2.24, 2.45) is 5.41 Å². The van der Waals surface area contributed by atoms with Gasteiger partial charge in [0, 0.05) is 13.5 Å². The van der Waals surface area contributed by atoms with Crippen LogP contribution in [0.25, 0.3) is 0 Å². The lowest BCUT2D eigenvalue weighted by molar-refractivity contribution is -0.133. The van der Waals surface area contributed by atoms with E-state index in [-0.39, 0.29) is 11.4 Å². The predicted octanol–water partition coefficient (Wildman–Crippen LogP) is 1.83. The fraction of sp³-hybridized carbons (Fsp3) is 0.667. The molecule has 0 bridgehead atoms. The summed E-state index contributed by atoms with van der Waals surface area (Å²) in [7, 11) is -1.60. The van der Waals surface area contributed by atoms with Crippen LogP contribution in [0.15, 0.2) is 12.3 Å². The number of rotatable bonds is 4. The van der Waals surface area contributed by atoms with Gasteiger partial charge in [-0.25, -0.2) is 0 Å². The lowest BCUT2D eigenvalue weighted by Gasteiger charge is -2.20. The zero-order valence-electron chi connectivity index (χ0n) is 8.72. The quantitative estimate of drug-likeness (QED) is 0.651. The zero-order chi connectivity index (χ0) is 10.5. The Morgan fingerprint density at radius 1 is 1.54 bits per heavy atom. The Balaban J connectivity index is 3.86. The third kappa shape index (κ3) is 7.74. The minimum absolute atomic E-state index is 0.0824. The molecule has 3 nitrogen and oxygen atoms in total. The van der Waals surface area contributed by atoms with Gasteiger partial charge in [-0.15, -0.1) is 6.58 Å². The van der Waals surface area contributed by atoms with Crippen molar-refractivity contribution in [1.29, 1.82) is 0 Å². The summed E-state index contributed by atoms with van der Waals surface area (Å²) in [5.74, 6) is -0.317. The molecule has 0 N–H and O–H groups in total. The molecule has 4 heteroatoms. The minimum Gasteiger partial charge on any atom is -0.489 e. The molecule has 0 aliphatic carbocycles. The predicted molar refractivity (Wildman–Crippen MR) is 53.1 cm³/mol. The van der Waals surface area contributed by atoms with Gasteiger partial charge in [0.1, 0.15) is 0 Å². The summed E-state index contributed by atoms with van der Waals surface area (Å²) in [4.78, 5) is 10.6. The number of carbonyl (C=O) groups is 1. The SMILES string of the molecule is C=C[Si](OCC(C)(C)C)OC(C)=O. The monoisotopic (exact) mass is 201 g/mol. The molecule has 0 saturated carbocycles. The molecule has 0 spiro atoms. The third-order valence-corrected chi connectivity index (χ3v) is 2.31. The van der Waals surface area contributed by atoms with E-state index in [1.807, 2.05) is 0 Å². The van der Waals surface area contributed by atoms with Crippen LogP contribution in [0.3, 0.4) is 0 Å². The molecule has 0 unspecified atom stereocenters. The van der Waals surface area contributed by atoms with E-state index >= 15 is 0 Å². The van der Waals surface area contributed by atoms with Crippen molar-refractivity contribution in [2.75, 3.05) is 6.61 Å². The van der Waals surface area contributed by atoms with Crippen LogP contribution in [0.2, 0.25) is 0 Å². The molecule has 0 fully saturated rings. The molecule has 0 aliphatic rings. The average molecular weight is 201 g/mol. The highest BCUT2D eigenvalue weighted by atomic mass is 28.3. The highest BCUT2D eigenvalue weighted by molar-refractivity contribution is 6.52. The van der Waals surface area contributed by atoms with Crippen LogP contribution in [0.5, 0.6) is 0 Å². The molecule has 0 aromatic rings. The van der Waals surface area contributed by atoms with Crippen molar-refractivity contribution >= 4 is 15.3 Å². The Morgan fingerprint density at radius 2 is 2.08 bits per heavy atom. The Morgan fingerprint density at radius 3 is 2.38 bits per heavy atom. The van der Waals surface area contributed by atoms with Crippen LogP contribution in [0.4, 0.5) is 0 Å². The van der Waals surface area contributed by atoms with Crippen LogP contribution >= 0.6 is 0 Å². The molecular weight excluding hydrogens is 184 g/mol. The smallest absolute Gasteiger partial charge is 0.489 e. The first-order chi connectivity index (χ1) is 5.85. The van der Waals surface area contributed by atoms with Crippen LogP contribution in [-0.4, -0.2) is 21.9 Å². The van der Waals surface area contributed by atoms with Crippen molar-refractivity contribution in [2.45, 2.75) is 27.7 Å². The largest absolute Gasteiger partial charge is 0.490 e. The molecule has 0 rings (SSSR count). The molecule has 75 valence electrons. The van der Waals surface area contributed by atoms with Crippen molar-refractivity contribution < 1.29 is 13.6 Å². The van der Waals surface area contributed by atoms with Crippen LogP contribution in [0, 0.1) is 5.41 Å². The van der Waals surface area contributed by atoms with Gasteiger partial charge in [-0.05, 0) is 11.1 Å². The van der Waals surface area contributed by atoms with E-state index in [4.69, 9.17) is 8.85 Å². The maximum Gasteiger partial charge on any atom is 0.490 e. The second-order valence-electron chi connectivity index (χ2n) is 3.97. The van der Waals surface area contributed by atoms with Crippen molar-refractivity contribution in [1.82, 2.24) is 0 Å². The number of hydrogen-bond acceptors (Lipinski definition) is 3. The van der Waals surface area contributed by atoms with Crippen molar-refractivity contribution in [3.8, 4) is 0 Å². The molecule has 0 saturated heterocycles. The minimum atomic E-state index is -1.60. The number of carbonyl (C=O) groups excluding carboxylic acids is 1. The highest BCUT2D eigenvalue weighted by Gasteiger charge is 2.19. The van der Waals surface area contributed by atoms with Gasteiger partial charge in [-0.1, -0.05) is 20.8 Å². The highest BCUT2D eigenvalue weighted by Crippen LogP contribution is 2.13. The summed E-state index contributed by atoms with van der Waals surface area (Å²) in [6.07, 6.45) is 0. The summed E-state index contributed by atoms with van der Waals surface area (Å²) in [6, 6.07) is 0. The molecule has 0 aromatic heterocycles. The number of hydrogen-bond donors (Lipinski definition) is 0. The third-order valence-electron chi connectivity index (χ3n) is 1.06. The van der Waals surface area contributed by atoms with E-state index in [1.54, 1.807) is 5.70 Å². The van der Waals surface area contributed by atoms with Gasteiger partial charge in [-0.3, -0.25) is 4.79 Å². The maximum absolute atomic E-state index is 10.6. The van der Waals surface area contributed by atoms with Gasteiger partial charge < -0.3 is 8.85 Å². The first kappa shape index (κ1) is 12.4. The molecule has 1 radical (unpaired) electrons. The first-order valence-electron chi connectivity index (χ1n) is 4.16. The lowest BCUT2D eigenvalue weighted by Crippen LogP contribution is -2.28. The Hall–Kier alpha value is -0.613. The van der Waals surface area contributed by atoms with Gasteiger partial charge in [-0.2, -0.15) is 0 Å². The molecular formula is C9H17O3Si. The van der Waals surface area contributed by atoms with Gasteiger partial charge in [0.2, 0.25) is 0 Å². The van der Waals surface area contributed by atoms with E-state index in [0.29, 0.717) is 6.61 Å². The molecule has 0 atom stereocenters. The summed E-state index contributed by atoms with van der Waals surface area (Å²) in [5.41, 5.74) is 1.65. The Bertz CT molecular complexity index is 184. The van der Waals surface area contributed by atoms with E-state index in [9.17, 15) is 4.79 Å². The maximum atomic E-state index is 10.6. The summed E-state index contributed by atoms with van der Waals surface area (Å²) >= 11 is 0. The standard InChI is InChI=1S/C9H17O3Si/c1-6-13(12-8(2)10)11-7-9(3,4)5/h6H,1,7H2,2-5H3. The molecule has 0 aromatic carbocycles. The molecule has 0 heterocycles. The van der Waals surface area contributed by atoms with Gasteiger partial charge in [0.25, 0.3) is 5.97 Å². The van der Waals surface area contributed by atoms with Crippen molar-refractivity contribution in [3.05, 3.63) is 12.3 Å².